The fourth-order valence-corrected chi connectivity index (χ4v) is 3.57. The molecule has 5 nitrogen and oxygen atoms in total. The van der Waals surface area contributed by atoms with Crippen molar-refractivity contribution in [3.63, 3.8) is 0 Å². The molecule has 0 atom stereocenters. The lowest BCUT2D eigenvalue weighted by Gasteiger charge is -2.35. The Kier molecular flexibility index (Phi) is 5.24. The zero-order valence-corrected chi connectivity index (χ0v) is 16.0. The Morgan fingerprint density at radius 2 is 1.53 bits per heavy atom. The number of fused-ring (bicyclic) bond motifs is 1. The van der Waals surface area contributed by atoms with Crippen LogP contribution in [0.15, 0.2) is 54.1 Å². The standard InChI is InChI=1S/C22H19F3N2O3/c23-22(24,25)18-6-3-5-16(13-18)20(28)26-8-10-27(11-9-26)21(29)17-12-15-4-1-2-7-19(15)30-14-17/h1-7,12-13H,8-11,14H2. The van der Waals surface area contributed by atoms with Crippen LogP contribution >= 0.6 is 0 Å². The lowest BCUT2D eigenvalue weighted by atomic mass is 10.1. The van der Waals surface area contributed by atoms with Gasteiger partial charge in [-0.3, -0.25) is 9.59 Å². The van der Waals surface area contributed by atoms with E-state index < -0.39 is 17.6 Å². The SMILES string of the molecule is O=C(C1=Cc2ccccc2OC1)N1CCN(C(=O)c2cccc(C(F)(F)F)c2)CC1. The van der Waals surface area contributed by atoms with Crippen LogP contribution < -0.4 is 4.74 Å². The number of ether oxygens (including phenoxy) is 1. The summed E-state index contributed by atoms with van der Waals surface area (Å²) in [5, 5.41) is 0. The van der Waals surface area contributed by atoms with E-state index in [0.29, 0.717) is 18.7 Å². The third-order valence-electron chi connectivity index (χ3n) is 5.20. The molecule has 156 valence electrons. The predicted octanol–water partition coefficient (Wildman–Crippen LogP) is 3.47. The van der Waals surface area contributed by atoms with Crippen molar-refractivity contribution >= 4 is 17.9 Å². The van der Waals surface area contributed by atoms with Crippen molar-refractivity contribution in [1.29, 1.82) is 0 Å². The molecule has 1 saturated heterocycles. The minimum absolute atomic E-state index is 0.00963. The van der Waals surface area contributed by atoms with Crippen molar-refractivity contribution in [2.45, 2.75) is 6.18 Å². The van der Waals surface area contributed by atoms with Crippen molar-refractivity contribution < 1.29 is 27.5 Å². The molecule has 2 aromatic rings. The zero-order chi connectivity index (χ0) is 21.3. The average Bonchev–Trinajstić information content (AvgIpc) is 2.77. The van der Waals surface area contributed by atoms with E-state index in [-0.39, 0.29) is 31.2 Å². The summed E-state index contributed by atoms with van der Waals surface area (Å²) in [5.74, 6) is 0.101. The molecule has 0 saturated carbocycles. The van der Waals surface area contributed by atoms with Crippen LogP contribution in [0.4, 0.5) is 13.2 Å². The van der Waals surface area contributed by atoms with Gasteiger partial charge < -0.3 is 14.5 Å². The molecule has 2 aliphatic rings. The molecule has 4 rings (SSSR count). The molecule has 0 aliphatic carbocycles. The lowest BCUT2D eigenvalue weighted by Crippen LogP contribution is -2.51. The quantitative estimate of drug-likeness (QED) is 0.754. The highest BCUT2D eigenvalue weighted by Crippen LogP contribution is 2.30. The number of piperazine rings is 1. The number of halogens is 3. The van der Waals surface area contributed by atoms with Crippen molar-refractivity contribution in [2.75, 3.05) is 32.8 Å². The number of benzene rings is 2. The number of hydrogen-bond donors (Lipinski definition) is 0. The molecule has 0 radical (unpaired) electrons. The molecule has 2 amide bonds. The third-order valence-corrected chi connectivity index (χ3v) is 5.20. The summed E-state index contributed by atoms with van der Waals surface area (Å²) in [7, 11) is 0. The molecule has 0 unspecified atom stereocenters. The van der Waals surface area contributed by atoms with Gasteiger partial charge in [-0.05, 0) is 30.3 Å². The van der Waals surface area contributed by atoms with E-state index in [4.69, 9.17) is 4.74 Å². The van der Waals surface area contributed by atoms with E-state index in [2.05, 4.69) is 0 Å². The summed E-state index contributed by atoms with van der Waals surface area (Å²) in [4.78, 5) is 28.5. The van der Waals surface area contributed by atoms with Crippen LogP contribution in [0, 0.1) is 0 Å². The maximum Gasteiger partial charge on any atom is 0.416 e. The van der Waals surface area contributed by atoms with Gasteiger partial charge in [0.1, 0.15) is 12.4 Å². The highest BCUT2D eigenvalue weighted by atomic mass is 19.4. The summed E-state index contributed by atoms with van der Waals surface area (Å²) < 4.78 is 44.3. The summed E-state index contributed by atoms with van der Waals surface area (Å²) in [6, 6.07) is 11.8. The highest BCUT2D eigenvalue weighted by Gasteiger charge is 2.32. The number of hydrogen-bond acceptors (Lipinski definition) is 3. The Bertz CT molecular complexity index is 1010. The smallest absolute Gasteiger partial charge is 0.416 e. The fourth-order valence-electron chi connectivity index (χ4n) is 3.57. The highest BCUT2D eigenvalue weighted by molar-refractivity contribution is 5.99. The molecule has 2 aromatic carbocycles. The van der Waals surface area contributed by atoms with Gasteiger partial charge in [-0.25, -0.2) is 0 Å². The number of para-hydroxylation sites is 1. The topological polar surface area (TPSA) is 49.9 Å². The Labute approximate surface area is 171 Å². The first-order chi connectivity index (χ1) is 14.3. The first kappa shape index (κ1) is 20.0. The Morgan fingerprint density at radius 1 is 0.867 bits per heavy atom. The van der Waals surface area contributed by atoms with Crippen LogP contribution in [0.2, 0.25) is 0 Å². The monoisotopic (exact) mass is 416 g/mol. The summed E-state index contributed by atoms with van der Waals surface area (Å²) in [5.41, 5.74) is 0.507. The van der Waals surface area contributed by atoms with Crippen LogP contribution in [0.3, 0.4) is 0 Å². The Balaban J connectivity index is 1.40. The van der Waals surface area contributed by atoms with Gasteiger partial charge in [0.05, 0.1) is 11.1 Å². The van der Waals surface area contributed by atoms with Crippen LogP contribution in [-0.4, -0.2) is 54.4 Å². The Morgan fingerprint density at radius 3 is 2.23 bits per heavy atom. The van der Waals surface area contributed by atoms with Crippen molar-refractivity contribution in [1.82, 2.24) is 9.80 Å². The molecule has 30 heavy (non-hydrogen) atoms. The van der Waals surface area contributed by atoms with Crippen molar-refractivity contribution in [2.24, 2.45) is 0 Å². The summed E-state index contributed by atoms with van der Waals surface area (Å²) in [6.45, 7) is 1.31. The van der Waals surface area contributed by atoms with Gasteiger partial charge in [0, 0.05) is 37.3 Å². The second kappa shape index (κ2) is 7.85. The van der Waals surface area contributed by atoms with E-state index >= 15 is 0 Å². The predicted molar refractivity (Wildman–Crippen MR) is 104 cm³/mol. The van der Waals surface area contributed by atoms with E-state index in [1.165, 1.54) is 17.0 Å². The second-order valence-electron chi connectivity index (χ2n) is 7.16. The van der Waals surface area contributed by atoms with Gasteiger partial charge in [0.2, 0.25) is 0 Å². The maximum absolute atomic E-state index is 12.9. The number of carbonyl (C=O) groups is 2. The van der Waals surface area contributed by atoms with Crippen LogP contribution in [0.1, 0.15) is 21.5 Å². The molecular weight excluding hydrogens is 397 g/mol. The van der Waals surface area contributed by atoms with E-state index in [1.54, 1.807) is 11.0 Å². The number of nitrogens with zero attached hydrogens (tertiary/aromatic N) is 2. The van der Waals surface area contributed by atoms with Crippen molar-refractivity contribution in [3.05, 3.63) is 70.8 Å². The van der Waals surface area contributed by atoms with Crippen molar-refractivity contribution in [3.8, 4) is 5.75 Å². The molecular formula is C22H19F3N2O3. The molecule has 8 heteroatoms. The maximum atomic E-state index is 12.9. The number of carbonyl (C=O) groups excluding carboxylic acids is 2. The lowest BCUT2D eigenvalue weighted by molar-refractivity contribution is -0.137. The van der Waals surface area contributed by atoms with Gasteiger partial charge in [0.25, 0.3) is 11.8 Å². The van der Waals surface area contributed by atoms with Gasteiger partial charge in [-0.2, -0.15) is 13.2 Å². The van der Waals surface area contributed by atoms with Crippen LogP contribution in [0.25, 0.3) is 6.08 Å². The molecule has 0 bridgehead atoms. The Hall–Kier alpha value is -3.29. The number of alkyl halides is 3. The first-order valence-electron chi connectivity index (χ1n) is 9.51. The number of amides is 2. The van der Waals surface area contributed by atoms with Crippen LogP contribution in [-0.2, 0) is 11.0 Å². The van der Waals surface area contributed by atoms with Gasteiger partial charge in [-0.1, -0.05) is 24.3 Å². The normalized spacial score (nSPS) is 16.4. The summed E-state index contributed by atoms with van der Waals surface area (Å²) >= 11 is 0. The van der Waals surface area contributed by atoms with E-state index in [9.17, 15) is 22.8 Å². The minimum Gasteiger partial charge on any atom is -0.488 e. The minimum atomic E-state index is -4.50. The van der Waals surface area contributed by atoms with Gasteiger partial charge >= 0.3 is 6.18 Å². The molecule has 1 fully saturated rings. The molecule has 2 aliphatic heterocycles. The van der Waals surface area contributed by atoms with Crippen LogP contribution in [0.5, 0.6) is 5.75 Å². The first-order valence-corrected chi connectivity index (χ1v) is 9.51. The third kappa shape index (κ3) is 4.03. The molecule has 0 aromatic heterocycles. The zero-order valence-electron chi connectivity index (χ0n) is 16.0. The second-order valence-corrected chi connectivity index (χ2v) is 7.16. The number of rotatable bonds is 2. The van der Waals surface area contributed by atoms with Gasteiger partial charge in [-0.15, -0.1) is 0 Å². The summed E-state index contributed by atoms with van der Waals surface area (Å²) in [6.07, 6.45) is -2.70. The van der Waals surface area contributed by atoms with E-state index in [1.807, 2.05) is 24.3 Å². The molecule has 0 spiro atoms. The largest absolute Gasteiger partial charge is 0.488 e. The molecule has 0 N–H and O–H groups in total. The van der Waals surface area contributed by atoms with Gasteiger partial charge in [0.15, 0.2) is 0 Å². The average molecular weight is 416 g/mol. The fraction of sp³-hybridized carbons (Fsp3) is 0.273. The molecule has 2 heterocycles. The van der Waals surface area contributed by atoms with E-state index in [0.717, 1.165) is 23.4 Å².